The SMILES string of the molecule is CCCCCc1ccc(C2=NC(C(C)C)CO2)cc1. The first-order chi connectivity index (χ1) is 9.20. The van der Waals surface area contributed by atoms with Gasteiger partial charge in [0.2, 0.25) is 5.90 Å². The van der Waals surface area contributed by atoms with E-state index in [-0.39, 0.29) is 0 Å². The lowest BCUT2D eigenvalue weighted by molar-refractivity contribution is 0.292. The van der Waals surface area contributed by atoms with E-state index >= 15 is 0 Å². The summed E-state index contributed by atoms with van der Waals surface area (Å²) in [6.45, 7) is 7.35. The molecule has 1 aliphatic rings. The van der Waals surface area contributed by atoms with Crippen LogP contribution in [0.25, 0.3) is 0 Å². The van der Waals surface area contributed by atoms with Crippen LogP contribution in [0.4, 0.5) is 0 Å². The van der Waals surface area contributed by atoms with Crippen LogP contribution in [0.3, 0.4) is 0 Å². The molecule has 0 saturated carbocycles. The molecule has 0 N–H and O–H groups in total. The number of nitrogens with zero attached hydrogens (tertiary/aromatic N) is 1. The summed E-state index contributed by atoms with van der Waals surface area (Å²) in [6.07, 6.45) is 5.05. The molecule has 0 saturated heterocycles. The molecule has 1 unspecified atom stereocenters. The van der Waals surface area contributed by atoms with Crippen molar-refractivity contribution in [3.8, 4) is 0 Å². The van der Waals surface area contributed by atoms with E-state index in [0.717, 1.165) is 18.1 Å². The van der Waals surface area contributed by atoms with Crippen molar-refractivity contribution in [3.63, 3.8) is 0 Å². The van der Waals surface area contributed by atoms with Gasteiger partial charge in [0.15, 0.2) is 0 Å². The molecular formula is C17H25NO. The molecule has 1 aromatic carbocycles. The minimum absolute atomic E-state index is 0.319. The molecule has 0 bridgehead atoms. The van der Waals surface area contributed by atoms with Crippen molar-refractivity contribution in [3.05, 3.63) is 35.4 Å². The van der Waals surface area contributed by atoms with Gasteiger partial charge in [0.1, 0.15) is 6.61 Å². The maximum absolute atomic E-state index is 5.70. The van der Waals surface area contributed by atoms with Gasteiger partial charge in [0, 0.05) is 5.56 Å². The standard InChI is InChI=1S/C17H25NO/c1-4-5-6-7-14-8-10-15(11-9-14)17-18-16(12-19-17)13(2)3/h8-11,13,16H,4-7,12H2,1-3H3. The lowest BCUT2D eigenvalue weighted by atomic mass is 10.1. The Morgan fingerprint density at radius 2 is 1.95 bits per heavy atom. The third kappa shape index (κ3) is 3.82. The molecule has 2 heteroatoms. The van der Waals surface area contributed by atoms with Crippen molar-refractivity contribution in [1.29, 1.82) is 0 Å². The quantitative estimate of drug-likeness (QED) is 0.701. The van der Waals surface area contributed by atoms with E-state index in [2.05, 4.69) is 50.0 Å². The Labute approximate surface area is 116 Å². The Balaban J connectivity index is 1.97. The monoisotopic (exact) mass is 259 g/mol. The van der Waals surface area contributed by atoms with Crippen molar-refractivity contribution < 1.29 is 4.74 Å². The van der Waals surface area contributed by atoms with Crippen molar-refractivity contribution in [2.24, 2.45) is 10.9 Å². The van der Waals surface area contributed by atoms with E-state index in [1.165, 1.54) is 31.2 Å². The molecule has 0 aliphatic carbocycles. The lowest BCUT2D eigenvalue weighted by Gasteiger charge is -2.06. The Bertz CT molecular complexity index is 419. The fourth-order valence-electron chi connectivity index (χ4n) is 2.28. The third-order valence-electron chi connectivity index (χ3n) is 3.71. The summed E-state index contributed by atoms with van der Waals surface area (Å²) in [5, 5.41) is 0. The van der Waals surface area contributed by atoms with Gasteiger partial charge in [-0.25, -0.2) is 4.99 Å². The van der Waals surface area contributed by atoms with Gasteiger partial charge in [-0.2, -0.15) is 0 Å². The van der Waals surface area contributed by atoms with E-state index in [1.54, 1.807) is 0 Å². The molecule has 0 aromatic heterocycles. The van der Waals surface area contributed by atoms with Gasteiger partial charge in [-0.3, -0.25) is 0 Å². The molecular weight excluding hydrogens is 234 g/mol. The van der Waals surface area contributed by atoms with Gasteiger partial charge in [-0.1, -0.05) is 45.7 Å². The van der Waals surface area contributed by atoms with Crippen LogP contribution < -0.4 is 0 Å². The fourth-order valence-corrected chi connectivity index (χ4v) is 2.28. The molecule has 0 radical (unpaired) electrons. The maximum atomic E-state index is 5.70. The zero-order valence-electron chi connectivity index (χ0n) is 12.4. The molecule has 0 amide bonds. The molecule has 1 heterocycles. The predicted octanol–water partition coefficient (Wildman–Crippen LogP) is 4.22. The highest BCUT2D eigenvalue weighted by Crippen LogP contribution is 2.18. The van der Waals surface area contributed by atoms with Crippen LogP contribution in [0.2, 0.25) is 0 Å². The zero-order chi connectivity index (χ0) is 13.7. The topological polar surface area (TPSA) is 21.6 Å². The number of hydrogen-bond acceptors (Lipinski definition) is 2. The van der Waals surface area contributed by atoms with Crippen molar-refractivity contribution in [2.45, 2.75) is 52.5 Å². The van der Waals surface area contributed by atoms with Gasteiger partial charge < -0.3 is 4.74 Å². The summed E-state index contributed by atoms with van der Waals surface area (Å²) in [5.41, 5.74) is 2.53. The molecule has 19 heavy (non-hydrogen) atoms. The molecule has 1 aromatic rings. The van der Waals surface area contributed by atoms with Crippen LogP contribution in [0.15, 0.2) is 29.3 Å². The Morgan fingerprint density at radius 1 is 1.21 bits per heavy atom. The van der Waals surface area contributed by atoms with Gasteiger partial charge in [-0.05, 0) is 36.5 Å². The second-order valence-corrected chi connectivity index (χ2v) is 5.71. The van der Waals surface area contributed by atoms with E-state index in [4.69, 9.17) is 4.74 Å². The summed E-state index contributed by atoms with van der Waals surface area (Å²) in [6, 6.07) is 9.02. The third-order valence-corrected chi connectivity index (χ3v) is 3.71. The van der Waals surface area contributed by atoms with Crippen LogP contribution >= 0.6 is 0 Å². The number of aliphatic imine (C=N–C) groups is 1. The summed E-state index contributed by atoms with van der Waals surface area (Å²) in [7, 11) is 0. The van der Waals surface area contributed by atoms with Crippen molar-refractivity contribution in [1.82, 2.24) is 0 Å². The molecule has 1 aliphatic heterocycles. The number of unbranched alkanes of at least 4 members (excludes halogenated alkanes) is 2. The van der Waals surface area contributed by atoms with Crippen molar-refractivity contribution in [2.75, 3.05) is 6.61 Å². The second-order valence-electron chi connectivity index (χ2n) is 5.71. The van der Waals surface area contributed by atoms with E-state index < -0.39 is 0 Å². The van der Waals surface area contributed by atoms with Crippen LogP contribution in [-0.4, -0.2) is 18.5 Å². The Hall–Kier alpha value is -1.31. The zero-order valence-corrected chi connectivity index (χ0v) is 12.4. The van der Waals surface area contributed by atoms with Gasteiger partial charge in [-0.15, -0.1) is 0 Å². The number of benzene rings is 1. The number of aryl methyl sites for hydroxylation is 1. The van der Waals surface area contributed by atoms with Gasteiger partial charge in [0.05, 0.1) is 6.04 Å². The van der Waals surface area contributed by atoms with Crippen molar-refractivity contribution >= 4 is 5.90 Å². The van der Waals surface area contributed by atoms with E-state index in [0.29, 0.717) is 12.0 Å². The largest absolute Gasteiger partial charge is 0.475 e. The molecule has 2 rings (SSSR count). The molecule has 1 atom stereocenters. The van der Waals surface area contributed by atoms with Gasteiger partial charge >= 0.3 is 0 Å². The molecule has 2 nitrogen and oxygen atoms in total. The van der Waals surface area contributed by atoms with Crippen LogP contribution in [0.5, 0.6) is 0 Å². The van der Waals surface area contributed by atoms with Crippen LogP contribution in [0.1, 0.15) is 51.2 Å². The smallest absolute Gasteiger partial charge is 0.216 e. The first kappa shape index (κ1) is 14.1. The van der Waals surface area contributed by atoms with E-state index in [1.807, 2.05) is 0 Å². The van der Waals surface area contributed by atoms with Crippen LogP contribution in [0, 0.1) is 5.92 Å². The molecule has 0 spiro atoms. The summed E-state index contributed by atoms with van der Waals surface area (Å²) in [5.74, 6) is 1.37. The normalized spacial score (nSPS) is 18.5. The maximum Gasteiger partial charge on any atom is 0.216 e. The highest BCUT2D eigenvalue weighted by Gasteiger charge is 2.22. The van der Waals surface area contributed by atoms with E-state index in [9.17, 15) is 0 Å². The lowest BCUT2D eigenvalue weighted by Crippen LogP contribution is -2.13. The average Bonchev–Trinajstić information content (AvgIpc) is 2.90. The highest BCUT2D eigenvalue weighted by molar-refractivity contribution is 5.95. The predicted molar refractivity (Wildman–Crippen MR) is 80.8 cm³/mol. The minimum Gasteiger partial charge on any atom is -0.475 e. The number of rotatable bonds is 6. The highest BCUT2D eigenvalue weighted by atomic mass is 16.5. The fraction of sp³-hybridized carbons (Fsp3) is 0.588. The summed E-state index contributed by atoms with van der Waals surface area (Å²) >= 11 is 0. The Kier molecular flexibility index (Phi) is 5.00. The first-order valence-corrected chi connectivity index (χ1v) is 7.50. The summed E-state index contributed by atoms with van der Waals surface area (Å²) in [4.78, 5) is 4.66. The minimum atomic E-state index is 0.319. The number of ether oxygens (including phenoxy) is 1. The number of hydrogen-bond donors (Lipinski definition) is 0. The second kappa shape index (κ2) is 6.74. The summed E-state index contributed by atoms with van der Waals surface area (Å²) < 4.78 is 5.70. The first-order valence-electron chi connectivity index (χ1n) is 7.50. The molecule has 104 valence electrons. The average molecular weight is 259 g/mol. The van der Waals surface area contributed by atoms with Gasteiger partial charge in [0.25, 0.3) is 0 Å². The van der Waals surface area contributed by atoms with Crippen LogP contribution in [-0.2, 0) is 11.2 Å². The molecule has 0 fully saturated rings. The Morgan fingerprint density at radius 3 is 2.53 bits per heavy atom.